The fourth-order valence-electron chi connectivity index (χ4n) is 2.70. The summed E-state index contributed by atoms with van der Waals surface area (Å²) in [6, 6.07) is 11.7. The van der Waals surface area contributed by atoms with Crippen molar-refractivity contribution >= 4 is 40.1 Å². The zero-order chi connectivity index (χ0) is 18.0. The van der Waals surface area contributed by atoms with Crippen molar-refractivity contribution in [1.29, 1.82) is 0 Å². The predicted molar refractivity (Wildman–Crippen MR) is 102 cm³/mol. The van der Waals surface area contributed by atoms with Crippen molar-refractivity contribution in [1.82, 2.24) is 0 Å². The number of amidine groups is 1. The Morgan fingerprint density at radius 3 is 2.88 bits per heavy atom. The number of carbonyl (C=O) groups excluding carboxylic acids is 1. The van der Waals surface area contributed by atoms with Gasteiger partial charge in [0.05, 0.1) is 16.1 Å². The minimum absolute atomic E-state index is 0.0848. The van der Waals surface area contributed by atoms with Crippen LogP contribution in [0.5, 0.6) is 0 Å². The molecule has 3 rings (SSSR count). The number of hydrogen-bond donors (Lipinski definition) is 2. The number of aliphatic imine (C=N–C) groups is 1. The van der Waals surface area contributed by atoms with E-state index in [1.54, 1.807) is 6.07 Å². The molecule has 0 bridgehead atoms. The van der Waals surface area contributed by atoms with Gasteiger partial charge in [-0.05, 0) is 43.2 Å². The Kier molecular flexibility index (Phi) is 5.01. The van der Waals surface area contributed by atoms with E-state index in [-0.39, 0.29) is 10.6 Å². The van der Waals surface area contributed by atoms with E-state index < -0.39 is 17.3 Å². The van der Waals surface area contributed by atoms with Gasteiger partial charge in [0.25, 0.3) is 5.91 Å². The third-order valence-electron chi connectivity index (χ3n) is 4.13. The smallest absolute Gasteiger partial charge is 0.258 e. The van der Waals surface area contributed by atoms with Crippen LogP contribution in [0, 0.1) is 5.82 Å². The van der Waals surface area contributed by atoms with Crippen molar-refractivity contribution in [3.05, 3.63) is 64.4 Å². The summed E-state index contributed by atoms with van der Waals surface area (Å²) in [4.78, 5) is 16.9. The lowest BCUT2D eigenvalue weighted by Gasteiger charge is -2.30. The van der Waals surface area contributed by atoms with Gasteiger partial charge < -0.3 is 11.1 Å². The molecule has 1 unspecified atom stereocenters. The number of rotatable bonds is 3. The van der Waals surface area contributed by atoms with E-state index >= 15 is 0 Å². The molecule has 1 aliphatic heterocycles. The van der Waals surface area contributed by atoms with Crippen molar-refractivity contribution in [3.63, 3.8) is 0 Å². The highest BCUT2D eigenvalue weighted by molar-refractivity contribution is 8.13. The maximum absolute atomic E-state index is 14.0. The number of amides is 1. The van der Waals surface area contributed by atoms with Gasteiger partial charge in [-0.2, -0.15) is 0 Å². The summed E-state index contributed by atoms with van der Waals surface area (Å²) in [5.41, 5.74) is 6.84. The highest BCUT2D eigenvalue weighted by atomic mass is 35.5. The number of benzene rings is 2. The maximum atomic E-state index is 14.0. The Morgan fingerprint density at radius 2 is 2.12 bits per heavy atom. The molecule has 130 valence electrons. The molecular formula is C18H17ClFN3OS. The number of nitrogens with one attached hydrogen (secondary N) is 1. The van der Waals surface area contributed by atoms with Crippen molar-refractivity contribution in [3.8, 4) is 0 Å². The average molecular weight is 378 g/mol. The second kappa shape index (κ2) is 7.06. The molecule has 2 aromatic carbocycles. The molecule has 0 aliphatic carbocycles. The van der Waals surface area contributed by atoms with E-state index in [0.29, 0.717) is 10.9 Å². The summed E-state index contributed by atoms with van der Waals surface area (Å²) in [6.07, 6.45) is 0.846. The molecule has 0 aromatic heterocycles. The van der Waals surface area contributed by atoms with Crippen molar-refractivity contribution in [2.24, 2.45) is 10.7 Å². The van der Waals surface area contributed by atoms with Crippen molar-refractivity contribution in [2.45, 2.75) is 18.9 Å². The first-order valence-electron chi connectivity index (χ1n) is 7.73. The van der Waals surface area contributed by atoms with Gasteiger partial charge in [-0.25, -0.2) is 4.39 Å². The van der Waals surface area contributed by atoms with Crippen LogP contribution in [0.25, 0.3) is 0 Å². The van der Waals surface area contributed by atoms with E-state index in [0.717, 1.165) is 17.7 Å². The summed E-state index contributed by atoms with van der Waals surface area (Å²) in [5.74, 6) is -0.396. The van der Waals surface area contributed by atoms with Crippen LogP contribution < -0.4 is 11.1 Å². The molecule has 4 nitrogen and oxygen atoms in total. The predicted octanol–water partition coefficient (Wildman–Crippen LogP) is 4.40. The van der Waals surface area contributed by atoms with Crippen molar-refractivity contribution in [2.75, 3.05) is 11.1 Å². The molecule has 0 radical (unpaired) electrons. The molecular weight excluding hydrogens is 361 g/mol. The first-order chi connectivity index (χ1) is 11.9. The fraction of sp³-hybridized carbons (Fsp3) is 0.222. The summed E-state index contributed by atoms with van der Waals surface area (Å²) in [6.45, 7) is 2.01. The summed E-state index contributed by atoms with van der Waals surface area (Å²) in [7, 11) is 0. The zero-order valence-corrected chi connectivity index (χ0v) is 15.1. The number of nitrogens with zero attached hydrogens (tertiary/aromatic N) is 1. The van der Waals surface area contributed by atoms with Gasteiger partial charge in [0, 0.05) is 11.4 Å². The second-order valence-corrected chi connectivity index (χ2v) is 7.48. The summed E-state index contributed by atoms with van der Waals surface area (Å²) in [5, 5.41) is 3.19. The summed E-state index contributed by atoms with van der Waals surface area (Å²) < 4.78 is 14.0. The zero-order valence-electron chi connectivity index (χ0n) is 13.6. The Labute approximate surface area is 154 Å². The number of carbonyl (C=O) groups is 1. The average Bonchev–Trinajstić information content (AvgIpc) is 2.57. The molecule has 1 heterocycles. The maximum Gasteiger partial charge on any atom is 0.258 e. The molecule has 3 N–H and O–H groups in total. The molecule has 7 heteroatoms. The normalized spacial score (nSPS) is 20.0. The molecule has 25 heavy (non-hydrogen) atoms. The lowest BCUT2D eigenvalue weighted by molar-refractivity contribution is 0.102. The van der Waals surface area contributed by atoms with Gasteiger partial charge in [0.1, 0.15) is 0 Å². The molecule has 0 saturated carbocycles. The van der Waals surface area contributed by atoms with Crippen LogP contribution in [0.4, 0.5) is 10.1 Å². The monoisotopic (exact) mass is 377 g/mol. The van der Waals surface area contributed by atoms with E-state index in [1.165, 1.54) is 30.0 Å². The quantitative estimate of drug-likeness (QED) is 0.833. The van der Waals surface area contributed by atoms with Gasteiger partial charge in [0.2, 0.25) is 0 Å². The number of anilines is 1. The van der Waals surface area contributed by atoms with E-state index in [1.807, 2.05) is 25.1 Å². The highest BCUT2D eigenvalue weighted by Gasteiger charge is 2.29. The van der Waals surface area contributed by atoms with Gasteiger partial charge in [-0.1, -0.05) is 41.6 Å². The molecule has 1 amide bonds. The molecule has 2 aromatic rings. The van der Waals surface area contributed by atoms with E-state index in [9.17, 15) is 9.18 Å². The fourth-order valence-corrected chi connectivity index (χ4v) is 3.85. The molecule has 0 saturated heterocycles. The first-order valence-corrected chi connectivity index (χ1v) is 9.09. The Morgan fingerprint density at radius 1 is 1.36 bits per heavy atom. The molecule has 1 aliphatic rings. The highest BCUT2D eigenvalue weighted by Crippen LogP contribution is 2.36. The van der Waals surface area contributed by atoms with Gasteiger partial charge in [-0.3, -0.25) is 9.79 Å². The van der Waals surface area contributed by atoms with Crippen LogP contribution in [-0.2, 0) is 5.54 Å². The Bertz CT molecular complexity index is 858. The SMILES string of the molecule is CC1(c2cccc(NC(=O)c3cccc(Cl)c3F)c2)CCSC(N)=N1. The third kappa shape index (κ3) is 3.80. The van der Waals surface area contributed by atoms with Crippen LogP contribution in [0.2, 0.25) is 5.02 Å². The number of nitrogens with two attached hydrogens (primary N) is 1. The second-order valence-electron chi connectivity index (χ2n) is 5.96. The third-order valence-corrected chi connectivity index (χ3v) is 5.22. The lowest BCUT2D eigenvalue weighted by Crippen LogP contribution is -2.28. The first kappa shape index (κ1) is 17.8. The number of thioether (sulfide) groups is 1. The molecule has 0 fully saturated rings. The van der Waals surface area contributed by atoms with Crippen molar-refractivity contribution < 1.29 is 9.18 Å². The van der Waals surface area contributed by atoms with Crippen LogP contribution in [0.15, 0.2) is 47.5 Å². The van der Waals surface area contributed by atoms with Crippen LogP contribution in [0.3, 0.4) is 0 Å². The topological polar surface area (TPSA) is 67.5 Å². The van der Waals surface area contributed by atoms with E-state index in [4.69, 9.17) is 17.3 Å². The minimum atomic E-state index is -0.730. The van der Waals surface area contributed by atoms with Crippen LogP contribution in [-0.4, -0.2) is 16.8 Å². The van der Waals surface area contributed by atoms with Gasteiger partial charge >= 0.3 is 0 Å². The number of halogens is 2. The lowest BCUT2D eigenvalue weighted by atomic mass is 9.89. The standard InChI is InChI=1S/C18H17ClFN3OS/c1-18(8-9-25-17(21)23-18)11-4-2-5-12(10-11)22-16(24)13-6-3-7-14(19)15(13)20/h2-7,10H,8-9H2,1H3,(H2,21,23)(H,22,24). The largest absolute Gasteiger partial charge is 0.379 e. The molecule has 1 atom stereocenters. The van der Waals surface area contributed by atoms with Crippen LogP contribution >= 0.6 is 23.4 Å². The molecule has 0 spiro atoms. The minimum Gasteiger partial charge on any atom is -0.379 e. The van der Waals surface area contributed by atoms with E-state index in [2.05, 4.69) is 10.3 Å². The summed E-state index contributed by atoms with van der Waals surface area (Å²) >= 11 is 7.27. The Hall–Kier alpha value is -2.05. The van der Waals surface area contributed by atoms with Gasteiger partial charge in [-0.15, -0.1) is 0 Å². The Balaban J connectivity index is 1.86. The van der Waals surface area contributed by atoms with Crippen LogP contribution in [0.1, 0.15) is 29.3 Å². The number of hydrogen-bond acceptors (Lipinski definition) is 4. The van der Waals surface area contributed by atoms with Gasteiger partial charge in [0.15, 0.2) is 11.0 Å².